The molecular formula is C14H19N3O4. The van der Waals surface area contributed by atoms with Gasteiger partial charge in [-0.1, -0.05) is 6.07 Å². The second kappa shape index (κ2) is 7.14. The topological polar surface area (TPSA) is 94.8 Å². The number of hydrogen-bond acceptors (Lipinski definition) is 5. The fraction of sp³-hybridized carbons (Fsp3) is 0.500. The monoisotopic (exact) mass is 293 g/mol. The van der Waals surface area contributed by atoms with Gasteiger partial charge in [-0.05, 0) is 19.1 Å². The van der Waals surface area contributed by atoms with E-state index in [-0.39, 0.29) is 19.1 Å². The highest BCUT2D eigenvalue weighted by molar-refractivity contribution is 5.87. The molecule has 1 aromatic rings. The van der Waals surface area contributed by atoms with Crippen LogP contribution in [0.3, 0.4) is 0 Å². The Morgan fingerprint density at radius 1 is 1.52 bits per heavy atom. The number of rotatable bonds is 5. The van der Waals surface area contributed by atoms with Crippen LogP contribution in [0.2, 0.25) is 0 Å². The van der Waals surface area contributed by atoms with Crippen molar-refractivity contribution >= 4 is 11.8 Å². The average molecular weight is 293 g/mol. The van der Waals surface area contributed by atoms with E-state index in [2.05, 4.69) is 4.98 Å². The van der Waals surface area contributed by atoms with Gasteiger partial charge in [-0.15, -0.1) is 0 Å². The Morgan fingerprint density at radius 3 is 3.00 bits per heavy atom. The molecule has 2 amide bonds. The van der Waals surface area contributed by atoms with Crippen LogP contribution in [0.15, 0.2) is 24.4 Å². The Morgan fingerprint density at radius 2 is 2.33 bits per heavy atom. The van der Waals surface area contributed by atoms with E-state index < -0.39 is 18.1 Å². The number of pyridine rings is 1. The van der Waals surface area contributed by atoms with E-state index in [9.17, 15) is 9.59 Å². The number of primary amides is 1. The predicted octanol–water partition coefficient (Wildman–Crippen LogP) is -0.301. The molecule has 1 aliphatic rings. The summed E-state index contributed by atoms with van der Waals surface area (Å²) < 4.78 is 10.7. The molecular weight excluding hydrogens is 274 g/mol. The number of ether oxygens (including phenoxy) is 2. The van der Waals surface area contributed by atoms with E-state index >= 15 is 0 Å². The van der Waals surface area contributed by atoms with Gasteiger partial charge in [0.15, 0.2) is 0 Å². The second-order valence-corrected chi connectivity index (χ2v) is 4.82. The first-order valence-corrected chi connectivity index (χ1v) is 6.77. The molecule has 0 radical (unpaired) electrons. The van der Waals surface area contributed by atoms with Gasteiger partial charge in [0.05, 0.1) is 25.0 Å². The van der Waals surface area contributed by atoms with Crippen LogP contribution in [0.1, 0.15) is 12.6 Å². The zero-order valence-electron chi connectivity index (χ0n) is 11.9. The highest BCUT2D eigenvalue weighted by Gasteiger charge is 2.36. The summed E-state index contributed by atoms with van der Waals surface area (Å²) in [4.78, 5) is 29.2. The third-order valence-corrected chi connectivity index (χ3v) is 3.31. The lowest BCUT2D eigenvalue weighted by Gasteiger charge is -2.37. The number of hydrogen-bond donors (Lipinski definition) is 1. The summed E-state index contributed by atoms with van der Waals surface area (Å²) in [5.74, 6) is -0.842. The molecule has 2 atom stereocenters. The normalized spacial score (nSPS) is 22.0. The summed E-state index contributed by atoms with van der Waals surface area (Å²) in [7, 11) is 0. The Bertz CT molecular complexity index is 494. The maximum atomic E-state index is 12.2. The molecule has 1 fully saturated rings. The highest BCUT2D eigenvalue weighted by Crippen LogP contribution is 2.14. The molecule has 7 heteroatoms. The zero-order chi connectivity index (χ0) is 15.2. The molecule has 0 aromatic carbocycles. The first-order chi connectivity index (χ1) is 10.1. The summed E-state index contributed by atoms with van der Waals surface area (Å²) in [6.07, 6.45) is 1.25. The molecule has 1 aromatic heterocycles. The Labute approximate surface area is 123 Å². The first-order valence-electron chi connectivity index (χ1n) is 6.77. The number of carbonyl (C=O) groups excluding carboxylic acids is 2. The van der Waals surface area contributed by atoms with Gasteiger partial charge in [-0.2, -0.15) is 0 Å². The van der Waals surface area contributed by atoms with Crippen LogP contribution in [0.25, 0.3) is 0 Å². The molecule has 0 bridgehead atoms. The Hall–Kier alpha value is -1.99. The molecule has 0 saturated carbocycles. The van der Waals surface area contributed by atoms with Crippen molar-refractivity contribution in [1.29, 1.82) is 0 Å². The molecule has 7 nitrogen and oxygen atoms in total. The third-order valence-electron chi connectivity index (χ3n) is 3.31. The van der Waals surface area contributed by atoms with Gasteiger partial charge in [-0.25, -0.2) is 0 Å². The SMILES string of the molecule is C[C@H]1OCCN(C(=O)COCc2ccccn2)[C@@H]1C(N)=O. The van der Waals surface area contributed by atoms with Crippen LogP contribution in [0.5, 0.6) is 0 Å². The van der Waals surface area contributed by atoms with Crippen molar-refractivity contribution in [1.82, 2.24) is 9.88 Å². The molecule has 2 N–H and O–H groups in total. The maximum absolute atomic E-state index is 12.2. The van der Waals surface area contributed by atoms with Gasteiger partial charge in [-0.3, -0.25) is 14.6 Å². The molecule has 1 saturated heterocycles. The van der Waals surface area contributed by atoms with Crippen LogP contribution >= 0.6 is 0 Å². The van der Waals surface area contributed by atoms with Crippen molar-refractivity contribution in [2.45, 2.75) is 25.7 Å². The van der Waals surface area contributed by atoms with Gasteiger partial charge < -0.3 is 20.1 Å². The van der Waals surface area contributed by atoms with E-state index in [4.69, 9.17) is 15.2 Å². The number of carbonyl (C=O) groups is 2. The van der Waals surface area contributed by atoms with Crippen LogP contribution in [-0.2, 0) is 25.7 Å². The minimum Gasteiger partial charge on any atom is -0.374 e. The minimum absolute atomic E-state index is 0.118. The molecule has 0 unspecified atom stereocenters. The van der Waals surface area contributed by atoms with E-state index in [0.717, 1.165) is 5.69 Å². The molecule has 2 heterocycles. The lowest BCUT2D eigenvalue weighted by atomic mass is 10.1. The minimum atomic E-state index is -0.746. The highest BCUT2D eigenvalue weighted by atomic mass is 16.5. The lowest BCUT2D eigenvalue weighted by Crippen LogP contribution is -2.59. The smallest absolute Gasteiger partial charge is 0.249 e. The average Bonchev–Trinajstić information content (AvgIpc) is 2.47. The summed E-state index contributed by atoms with van der Waals surface area (Å²) in [5.41, 5.74) is 6.08. The van der Waals surface area contributed by atoms with Crippen molar-refractivity contribution in [2.24, 2.45) is 5.73 Å². The molecule has 0 aliphatic carbocycles. The summed E-state index contributed by atoms with van der Waals surface area (Å²) >= 11 is 0. The summed E-state index contributed by atoms with van der Waals surface area (Å²) in [6, 6.07) is 4.72. The quantitative estimate of drug-likeness (QED) is 0.804. The van der Waals surface area contributed by atoms with Gasteiger partial charge in [0.1, 0.15) is 12.6 Å². The van der Waals surface area contributed by atoms with Crippen molar-refractivity contribution in [3.63, 3.8) is 0 Å². The zero-order valence-corrected chi connectivity index (χ0v) is 11.9. The van der Waals surface area contributed by atoms with Crippen molar-refractivity contribution < 1.29 is 19.1 Å². The van der Waals surface area contributed by atoms with Gasteiger partial charge in [0.2, 0.25) is 11.8 Å². The molecule has 2 rings (SSSR count). The van der Waals surface area contributed by atoms with E-state index in [1.54, 1.807) is 19.2 Å². The van der Waals surface area contributed by atoms with Crippen LogP contribution in [-0.4, -0.2) is 53.6 Å². The summed E-state index contributed by atoms with van der Waals surface area (Å²) in [5, 5.41) is 0. The van der Waals surface area contributed by atoms with Crippen molar-refractivity contribution in [3.8, 4) is 0 Å². The number of nitrogens with two attached hydrogens (primary N) is 1. The number of aromatic nitrogens is 1. The Balaban J connectivity index is 1.88. The fourth-order valence-electron chi connectivity index (χ4n) is 2.29. The van der Waals surface area contributed by atoms with Crippen molar-refractivity contribution in [3.05, 3.63) is 30.1 Å². The van der Waals surface area contributed by atoms with Gasteiger partial charge in [0.25, 0.3) is 0 Å². The van der Waals surface area contributed by atoms with E-state index in [1.165, 1.54) is 4.90 Å². The first kappa shape index (κ1) is 15.4. The molecule has 0 spiro atoms. The third kappa shape index (κ3) is 3.99. The van der Waals surface area contributed by atoms with Crippen LogP contribution < -0.4 is 5.73 Å². The molecule has 21 heavy (non-hydrogen) atoms. The number of nitrogens with zero attached hydrogens (tertiary/aromatic N) is 2. The maximum Gasteiger partial charge on any atom is 0.249 e. The fourth-order valence-corrected chi connectivity index (χ4v) is 2.29. The number of amides is 2. The Kier molecular flexibility index (Phi) is 5.24. The van der Waals surface area contributed by atoms with E-state index in [1.807, 2.05) is 12.1 Å². The largest absolute Gasteiger partial charge is 0.374 e. The van der Waals surface area contributed by atoms with Crippen LogP contribution in [0, 0.1) is 0 Å². The molecule has 114 valence electrons. The van der Waals surface area contributed by atoms with Gasteiger partial charge >= 0.3 is 0 Å². The standard InChI is InChI=1S/C14H19N3O4/c1-10-13(14(15)19)17(6-7-21-10)12(18)9-20-8-11-4-2-3-5-16-11/h2-5,10,13H,6-9H2,1H3,(H2,15,19)/t10-,13+/m1/s1. The predicted molar refractivity (Wildman–Crippen MR) is 74.0 cm³/mol. The lowest BCUT2D eigenvalue weighted by molar-refractivity contribution is -0.156. The number of morpholine rings is 1. The molecule has 1 aliphatic heterocycles. The van der Waals surface area contributed by atoms with Crippen LogP contribution in [0.4, 0.5) is 0 Å². The van der Waals surface area contributed by atoms with Crippen molar-refractivity contribution in [2.75, 3.05) is 19.8 Å². The van der Waals surface area contributed by atoms with Gasteiger partial charge in [0, 0.05) is 12.7 Å². The van der Waals surface area contributed by atoms with E-state index in [0.29, 0.717) is 13.2 Å². The second-order valence-electron chi connectivity index (χ2n) is 4.82. The summed E-state index contributed by atoms with van der Waals surface area (Å²) in [6.45, 7) is 2.57.